The van der Waals surface area contributed by atoms with Crippen molar-refractivity contribution < 1.29 is 13.9 Å². The molecule has 0 bridgehead atoms. The summed E-state index contributed by atoms with van der Waals surface area (Å²) in [5.74, 6) is -0.833. The van der Waals surface area contributed by atoms with Crippen LogP contribution >= 0.6 is 11.3 Å². The highest BCUT2D eigenvalue weighted by molar-refractivity contribution is 7.21. The number of rotatable bonds is 5. The standard InChI is InChI=1S/C21H16FN3O2S/c1-13(27-18-10-3-2-8-16(18)22)19(26)24-15-7-4-6-14(12-15)20-25-17-9-5-11-23-21(17)28-20/h2-13H,1H3,(H,24,26). The Kier molecular flexibility index (Phi) is 4.99. The lowest BCUT2D eigenvalue weighted by Crippen LogP contribution is -2.30. The number of carbonyl (C=O) groups is 1. The number of thiazole rings is 1. The van der Waals surface area contributed by atoms with Gasteiger partial charge in [-0.2, -0.15) is 0 Å². The fourth-order valence-corrected chi connectivity index (χ4v) is 3.56. The number of carbonyl (C=O) groups excluding carboxylic acids is 1. The average molecular weight is 393 g/mol. The van der Waals surface area contributed by atoms with E-state index in [1.165, 1.54) is 23.5 Å². The number of amides is 1. The van der Waals surface area contributed by atoms with Gasteiger partial charge in [0.1, 0.15) is 15.4 Å². The molecule has 0 radical (unpaired) electrons. The monoisotopic (exact) mass is 393 g/mol. The minimum Gasteiger partial charge on any atom is -0.478 e. The normalized spacial score (nSPS) is 11.9. The molecule has 1 amide bonds. The van der Waals surface area contributed by atoms with Crippen LogP contribution in [0, 0.1) is 5.82 Å². The summed E-state index contributed by atoms with van der Waals surface area (Å²) in [7, 11) is 0. The van der Waals surface area contributed by atoms with E-state index in [0.717, 1.165) is 20.9 Å². The highest BCUT2D eigenvalue weighted by Gasteiger charge is 2.17. The van der Waals surface area contributed by atoms with Crippen LogP contribution in [0.3, 0.4) is 0 Å². The number of hydrogen-bond donors (Lipinski definition) is 1. The fraction of sp³-hybridized carbons (Fsp3) is 0.0952. The van der Waals surface area contributed by atoms with Crippen LogP contribution in [0.25, 0.3) is 20.9 Å². The fourth-order valence-electron chi connectivity index (χ4n) is 2.65. The second kappa shape index (κ2) is 7.74. The van der Waals surface area contributed by atoms with Gasteiger partial charge in [0, 0.05) is 17.4 Å². The van der Waals surface area contributed by atoms with Gasteiger partial charge in [0.25, 0.3) is 5.91 Å². The molecule has 0 spiro atoms. The van der Waals surface area contributed by atoms with E-state index in [1.807, 2.05) is 30.3 Å². The molecule has 2 aromatic carbocycles. The molecule has 1 N–H and O–H groups in total. The Morgan fingerprint density at radius 1 is 1.14 bits per heavy atom. The predicted molar refractivity (Wildman–Crippen MR) is 108 cm³/mol. The van der Waals surface area contributed by atoms with E-state index in [4.69, 9.17) is 4.74 Å². The lowest BCUT2D eigenvalue weighted by atomic mass is 10.2. The van der Waals surface area contributed by atoms with Crippen molar-refractivity contribution in [1.29, 1.82) is 0 Å². The molecule has 2 heterocycles. The molecule has 7 heteroatoms. The minimum absolute atomic E-state index is 0.0425. The molecule has 4 aromatic rings. The zero-order chi connectivity index (χ0) is 19.5. The van der Waals surface area contributed by atoms with E-state index in [9.17, 15) is 9.18 Å². The number of pyridine rings is 1. The van der Waals surface area contributed by atoms with E-state index in [-0.39, 0.29) is 11.7 Å². The Bertz CT molecular complexity index is 1110. The Balaban J connectivity index is 1.50. The van der Waals surface area contributed by atoms with Crippen molar-refractivity contribution in [2.45, 2.75) is 13.0 Å². The molecule has 0 aliphatic heterocycles. The number of aromatic nitrogens is 2. The molecule has 1 unspecified atom stereocenters. The first kappa shape index (κ1) is 18.1. The quantitative estimate of drug-likeness (QED) is 0.524. The van der Waals surface area contributed by atoms with Crippen molar-refractivity contribution in [3.8, 4) is 16.3 Å². The van der Waals surface area contributed by atoms with E-state index < -0.39 is 11.9 Å². The number of nitrogens with one attached hydrogen (secondary N) is 1. The van der Waals surface area contributed by atoms with Crippen LogP contribution in [-0.2, 0) is 4.79 Å². The Morgan fingerprint density at radius 3 is 2.82 bits per heavy atom. The maximum Gasteiger partial charge on any atom is 0.265 e. The first-order chi connectivity index (χ1) is 13.6. The van der Waals surface area contributed by atoms with Gasteiger partial charge in [0.2, 0.25) is 0 Å². The zero-order valence-corrected chi connectivity index (χ0v) is 15.7. The summed E-state index contributed by atoms with van der Waals surface area (Å²) in [4.78, 5) is 22.2. The first-order valence-corrected chi connectivity index (χ1v) is 9.46. The highest BCUT2D eigenvalue weighted by Crippen LogP contribution is 2.30. The molecule has 0 saturated carbocycles. The molecule has 0 aliphatic rings. The topological polar surface area (TPSA) is 64.1 Å². The van der Waals surface area contributed by atoms with Crippen LogP contribution in [0.5, 0.6) is 5.75 Å². The number of ether oxygens (including phenoxy) is 1. The van der Waals surface area contributed by atoms with E-state index in [0.29, 0.717) is 5.69 Å². The van der Waals surface area contributed by atoms with Crippen molar-refractivity contribution >= 4 is 33.3 Å². The van der Waals surface area contributed by atoms with Gasteiger partial charge in [-0.05, 0) is 43.3 Å². The summed E-state index contributed by atoms with van der Waals surface area (Å²) in [5, 5.41) is 3.62. The summed E-state index contributed by atoms with van der Waals surface area (Å²) in [6.45, 7) is 1.57. The van der Waals surface area contributed by atoms with Crippen LogP contribution in [0.1, 0.15) is 6.92 Å². The number of hydrogen-bond acceptors (Lipinski definition) is 5. The third kappa shape index (κ3) is 3.84. The van der Waals surface area contributed by atoms with Crippen molar-refractivity contribution in [3.05, 3.63) is 72.7 Å². The third-order valence-corrected chi connectivity index (χ3v) is 5.08. The van der Waals surface area contributed by atoms with Crippen molar-refractivity contribution in [3.63, 3.8) is 0 Å². The molecule has 5 nitrogen and oxygen atoms in total. The van der Waals surface area contributed by atoms with E-state index >= 15 is 0 Å². The highest BCUT2D eigenvalue weighted by atomic mass is 32.1. The molecule has 28 heavy (non-hydrogen) atoms. The van der Waals surface area contributed by atoms with Gasteiger partial charge in [0.15, 0.2) is 17.7 Å². The van der Waals surface area contributed by atoms with Crippen molar-refractivity contribution in [2.75, 3.05) is 5.32 Å². The zero-order valence-electron chi connectivity index (χ0n) is 14.9. The Labute approximate surface area is 164 Å². The van der Waals surface area contributed by atoms with Gasteiger partial charge in [-0.15, -0.1) is 0 Å². The largest absolute Gasteiger partial charge is 0.478 e. The van der Waals surface area contributed by atoms with E-state index in [2.05, 4.69) is 15.3 Å². The lowest BCUT2D eigenvalue weighted by molar-refractivity contribution is -0.122. The summed E-state index contributed by atoms with van der Waals surface area (Å²) < 4.78 is 19.1. The van der Waals surface area contributed by atoms with Gasteiger partial charge in [-0.3, -0.25) is 4.79 Å². The first-order valence-electron chi connectivity index (χ1n) is 8.64. The summed E-state index contributed by atoms with van der Waals surface area (Å²) in [6.07, 6.45) is 0.880. The molecule has 2 aromatic heterocycles. The maximum absolute atomic E-state index is 13.7. The van der Waals surface area contributed by atoms with Gasteiger partial charge < -0.3 is 10.1 Å². The molecular formula is C21H16FN3O2S. The maximum atomic E-state index is 13.7. The van der Waals surface area contributed by atoms with Crippen LogP contribution in [-0.4, -0.2) is 22.0 Å². The van der Waals surface area contributed by atoms with Crippen LogP contribution in [0.4, 0.5) is 10.1 Å². The van der Waals surface area contributed by atoms with Crippen LogP contribution in [0.2, 0.25) is 0 Å². The third-order valence-electron chi connectivity index (χ3n) is 4.05. The van der Waals surface area contributed by atoms with Crippen LogP contribution < -0.4 is 10.1 Å². The number of anilines is 1. The van der Waals surface area contributed by atoms with Crippen molar-refractivity contribution in [1.82, 2.24) is 9.97 Å². The molecule has 4 rings (SSSR count). The predicted octanol–water partition coefficient (Wildman–Crippen LogP) is 4.90. The molecular weight excluding hydrogens is 377 g/mol. The summed E-state index contributed by atoms with van der Waals surface area (Å²) >= 11 is 1.49. The number of para-hydroxylation sites is 1. The van der Waals surface area contributed by atoms with Crippen molar-refractivity contribution in [2.24, 2.45) is 0 Å². The number of halogens is 1. The van der Waals surface area contributed by atoms with E-state index in [1.54, 1.807) is 31.3 Å². The second-order valence-electron chi connectivity index (χ2n) is 6.11. The molecule has 0 saturated heterocycles. The van der Waals surface area contributed by atoms with Gasteiger partial charge >= 0.3 is 0 Å². The van der Waals surface area contributed by atoms with Gasteiger partial charge in [-0.25, -0.2) is 14.4 Å². The lowest BCUT2D eigenvalue weighted by Gasteiger charge is -2.15. The molecule has 140 valence electrons. The minimum atomic E-state index is -0.854. The average Bonchev–Trinajstić information content (AvgIpc) is 3.14. The molecule has 1 atom stereocenters. The summed E-state index contributed by atoms with van der Waals surface area (Å²) in [6, 6.07) is 17.1. The van der Waals surface area contributed by atoms with Gasteiger partial charge in [-0.1, -0.05) is 35.6 Å². The number of fused-ring (bicyclic) bond motifs is 1. The number of nitrogens with zero attached hydrogens (tertiary/aromatic N) is 2. The smallest absolute Gasteiger partial charge is 0.265 e. The SMILES string of the molecule is CC(Oc1ccccc1F)C(=O)Nc1cccc(-c2nc3cccnc3s2)c1. The molecule has 0 aliphatic carbocycles. The Hall–Kier alpha value is -3.32. The van der Waals surface area contributed by atoms with Gasteiger partial charge in [0.05, 0.1) is 0 Å². The summed E-state index contributed by atoms with van der Waals surface area (Å²) in [5.41, 5.74) is 2.33. The second-order valence-corrected chi connectivity index (χ2v) is 7.08. The number of benzene rings is 2. The van der Waals surface area contributed by atoms with Crippen LogP contribution in [0.15, 0.2) is 66.9 Å². The Morgan fingerprint density at radius 2 is 2.00 bits per heavy atom. The molecule has 0 fully saturated rings.